The van der Waals surface area contributed by atoms with Gasteiger partial charge in [-0.15, -0.1) is 0 Å². The van der Waals surface area contributed by atoms with Crippen LogP contribution in [0.1, 0.15) is 25.8 Å². The van der Waals surface area contributed by atoms with Gasteiger partial charge in [-0.05, 0) is 38.0 Å². The van der Waals surface area contributed by atoms with Gasteiger partial charge >= 0.3 is 5.97 Å². The number of aryl methyl sites for hydroxylation is 1. The number of halogens is 1. The monoisotopic (exact) mass is 311 g/mol. The van der Waals surface area contributed by atoms with Crippen molar-refractivity contribution in [1.29, 1.82) is 0 Å². The number of esters is 1. The third kappa shape index (κ3) is 4.26. The molecule has 1 unspecified atom stereocenters. The largest absolute Gasteiger partial charge is 0.465 e. The van der Waals surface area contributed by atoms with Crippen LogP contribution in [0.25, 0.3) is 0 Å². The van der Waals surface area contributed by atoms with Crippen LogP contribution in [-0.4, -0.2) is 18.8 Å². The molecular weight excluding hydrogens is 294 g/mol. The Kier molecular flexibility index (Phi) is 6.05. The maximum Gasteiger partial charge on any atom is 0.314 e. The van der Waals surface area contributed by atoms with Crippen molar-refractivity contribution < 1.29 is 9.53 Å². The van der Waals surface area contributed by atoms with E-state index in [0.717, 1.165) is 15.7 Å². The van der Waals surface area contributed by atoms with E-state index in [1.807, 2.05) is 32.0 Å². The zero-order valence-corrected chi connectivity index (χ0v) is 12.5. The second kappa shape index (κ2) is 7.31. The Morgan fingerprint density at radius 2 is 2.22 bits per heavy atom. The summed E-state index contributed by atoms with van der Waals surface area (Å²) in [6.45, 7) is 6.17. The Morgan fingerprint density at radius 1 is 1.50 bits per heavy atom. The van der Waals surface area contributed by atoms with E-state index in [-0.39, 0.29) is 11.9 Å². The fourth-order valence-electron chi connectivity index (χ4n) is 1.42. The van der Waals surface area contributed by atoms with Gasteiger partial charge in [-0.3, -0.25) is 9.79 Å². The molecule has 1 aromatic carbocycles. The average molecular weight is 312 g/mol. The van der Waals surface area contributed by atoms with E-state index < -0.39 is 0 Å². The molecule has 0 amide bonds. The van der Waals surface area contributed by atoms with Gasteiger partial charge in [0.15, 0.2) is 0 Å². The van der Waals surface area contributed by atoms with Gasteiger partial charge in [0.1, 0.15) is 0 Å². The topological polar surface area (TPSA) is 38.7 Å². The quantitative estimate of drug-likeness (QED) is 0.608. The van der Waals surface area contributed by atoms with E-state index >= 15 is 0 Å². The first-order valence-electron chi connectivity index (χ1n) is 6.05. The van der Waals surface area contributed by atoms with Crippen molar-refractivity contribution in [2.24, 2.45) is 10.9 Å². The molecule has 0 fully saturated rings. The second-order valence-corrected chi connectivity index (χ2v) is 4.83. The van der Waals surface area contributed by atoms with Gasteiger partial charge in [0.25, 0.3) is 0 Å². The Hall–Kier alpha value is -1.16. The molecule has 0 aliphatic rings. The molecule has 0 radical (unpaired) electrons. The van der Waals surface area contributed by atoms with Crippen molar-refractivity contribution in [3.05, 3.63) is 28.2 Å². The highest BCUT2D eigenvalue weighted by molar-refractivity contribution is 9.10. The molecule has 0 N–H and O–H groups in total. The Morgan fingerprint density at radius 3 is 2.78 bits per heavy atom. The van der Waals surface area contributed by atoms with Gasteiger partial charge < -0.3 is 4.74 Å². The Bertz CT molecular complexity index is 443. The van der Waals surface area contributed by atoms with Gasteiger partial charge in [-0.1, -0.05) is 28.9 Å². The highest BCUT2D eigenvalue weighted by Crippen LogP contribution is 2.22. The summed E-state index contributed by atoms with van der Waals surface area (Å²) < 4.78 is 6.00. The molecule has 0 saturated carbocycles. The zero-order chi connectivity index (χ0) is 13.5. The number of aliphatic imine (C=N–C) groups is 1. The van der Waals surface area contributed by atoms with Crippen LogP contribution in [0.5, 0.6) is 0 Å². The molecule has 3 nitrogen and oxygen atoms in total. The third-order valence-corrected chi connectivity index (χ3v) is 3.44. The molecule has 1 atom stereocenters. The summed E-state index contributed by atoms with van der Waals surface area (Å²) in [4.78, 5) is 15.9. The number of hydrogen-bond donors (Lipinski definition) is 0. The Labute approximate surface area is 116 Å². The number of benzene rings is 1. The number of carbonyl (C=O) groups excluding carboxylic acids is 1. The van der Waals surface area contributed by atoms with Crippen LogP contribution in [0.4, 0.5) is 5.69 Å². The van der Waals surface area contributed by atoms with Gasteiger partial charge in [0, 0.05) is 10.7 Å². The predicted molar refractivity (Wildman–Crippen MR) is 77.4 cm³/mol. The van der Waals surface area contributed by atoms with Crippen LogP contribution >= 0.6 is 15.9 Å². The summed E-state index contributed by atoms with van der Waals surface area (Å²) in [6, 6.07) is 5.85. The molecule has 1 rings (SSSR count). The van der Waals surface area contributed by atoms with Crippen LogP contribution in [0.2, 0.25) is 0 Å². The standard InChI is InChI=1S/C14H18BrNO2/c1-4-11(14(17)18-5-2)9-16-12-7-6-10(3)13(15)8-12/h6-9,11H,4-5H2,1-3H3. The first-order valence-corrected chi connectivity index (χ1v) is 6.84. The molecule has 0 saturated heterocycles. The fourth-order valence-corrected chi connectivity index (χ4v) is 1.79. The molecule has 0 heterocycles. The number of nitrogens with zero attached hydrogens (tertiary/aromatic N) is 1. The van der Waals surface area contributed by atoms with Gasteiger partial charge in [-0.25, -0.2) is 0 Å². The lowest BCUT2D eigenvalue weighted by molar-refractivity contribution is -0.145. The molecule has 4 heteroatoms. The summed E-state index contributed by atoms with van der Waals surface area (Å²) >= 11 is 3.46. The number of rotatable bonds is 5. The van der Waals surface area contributed by atoms with Crippen LogP contribution in [0, 0.1) is 12.8 Å². The summed E-state index contributed by atoms with van der Waals surface area (Å²) in [7, 11) is 0. The summed E-state index contributed by atoms with van der Waals surface area (Å²) in [6.07, 6.45) is 2.35. The molecular formula is C14H18BrNO2. The second-order valence-electron chi connectivity index (χ2n) is 3.98. The minimum atomic E-state index is -0.273. The highest BCUT2D eigenvalue weighted by Gasteiger charge is 2.14. The van der Waals surface area contributed by atoms with E-state index in [9.17, 15) is 4.79 Å². The lowest BCUT2D eigenvalue weighted by Crippen LogP contribution is -2.18. The van der Waals surface area contributed by atoms with E-state index in [2.05, 4.69) is 20.9 Å². The first-order chi connectivity index (χ1) is 8.58. The van der Waals surface area contributed by atoms with Crippen LogP contribution in [0.3, 0.4) is 0 Å². The normalized spacial score (nSPS) is 12.7. The minimum absolute atomic E-state index is 0.213. The lowest BCUT2D eigenvalue weighted by atomic mass is 10.1. The first kappa shape index (κ1) is 14.9. The van der Waals surface area contributed by atoms with Crippen LogP contribution in [0.15, 0.2) is 27.7 Å². The maximum atomic E-state index is 11.6. The molecule has 0 spiro atoms. The van der Waals surface area contributed by atoms with Gasteiger partial charge in [-0.2, -0.15) is 0 Å². The minimum Gasteiger partial charge on any atom is -0.465 e. The molecule has 18 heavy (non-hydrogen) atoms. The summed E-state index contributed by atoms with van der Waals surface area (Å²) in [5, 5.41) is 0. The predicted octanol–water partition coefficient (Wildman–Crippen LogP) is 4.05. The van der Waals surface area contributed by atoms with E-state index in [1.54, 1.807) is 13.1 Å². The molecule has 0 aliphatic carbocycles. The molecule has 1 aromatic rings. The fraction of sp³-hybridized carbons (Fsp3) is 0.429. The highest BCUT2D eigenvalue weighted by atomic mass is 79.9. The maximum absolute atomic E-state index is 11.6. The number of hydrogen-bond acceptors (Lipinski definition) is 3. The van der Waals surface area contributed by atoms with Crippen molar-refractivity contribution in [3.63, 3.8) is 0 Å². The van der Waals surface area contributed by atoms with Crippen molar-refractivity contribution in [2.45, 2.75) is 27.2 Å². The number of ether oxygens (including phenoxy) is 1. The molecule has 0 bridgehead atoms. The average Bonchev–Trinajstić information content (AvgIpc) is 2.34. The van der Waals surface area contributed by atoms with E-state index in [1.165, 1.54) is 0 Å². The molecule has 0 aromatic heterocycles. The number of carbonyl (C=O) groups is 1. The van der Waals surface area contributed by atoms with Crippen molar-refractivity contribution in [3.8, 4) is 0 Å². The van der Waals surface area contributed by atoms with Crippen molar-refractivity contribution >= 4 is 33.8 Å². The molecule has 0 aliphatic heterocycles. The molecule has 98 valence electrons. The Balaban J connectivity index is 2.77. The zero-order valence-electron chi connectivity index (χ0n) is 10.9. The van der Waals surface area contributed by atoms with E-state index in [4.69, 9.17) is 4.74 Å². The SMILES string of the molecule is CCOC(=O)C(C=Nc1ccc(C)c(Br)c1)CC. The third-order valence-electron chi connectivity index (χ3n) is 2.59. The van der Waals surface area contributed by atoms with Crippen LogP contribution in [-0.2, 0) is 9.53 Å². The summed E-state index contributed by atoms with van der Waals surface area (Å²) in [5.41, 5.74) is 1.99. The van der Waals surface area contributed by atoms with Crippen molar-refractivity contribution in [1.82, 2.24) is 0 Å². The van der Waals surface area contributed by atoms with Crippen LogP contribution < -0.4 is 0 Å². The smallest absolute Gasteiger partial charge is 0.314 e. The van der Waals surface area contributed by atoms with Gasteiger partial charge in [0.05, 0.1) is 18.2 Å². The van der Waals surface area contributed by atoms with Gasteiger partial charge in [0.2, 0.25) is 0 Å². The van der Waals surface area contributed by atoms with Crippen molar-refractivity contribution in [2.75, 3.05) is 6.61 Å². The lowest BCUT2D eigenvalue weighted by Gasteiger charge is -2.08. The van der Waals surface area contributed by atoms with E-state index in [0.29, 0.717) is 13.0 Å². The summed E-state index contributed by atoms with van der Waals surface area (Å²) in [5.74, 6) is -0.486.